The highest BCUT2D eigenvalue weighted by Gasteiger charge is 2.27. The first-order chi connectivity index (χ1) is 8.02. The number of fused-ring (bicyclic) bond motifs is 1. The van der Waals surface area contributed by atoms with E-state index in [0.717, 1.165) is 16.3 Å². The van der Waals surface area contributed by atoms with Crippen molar-refractivity contribution in [3.63, 3.8) is 0 Å². The van der Waals surface area contributed by atoms with Gasteiger partial charge in [0, 0.05) is 22.6 Å². The Bertz CT molecular complexity index is 561. The van der Waals surface area contributed by atoms with Gasteiger partial charge >= 0.3 is 0 Å². The molecule has 1 N–H and O–H groups in total. The quantitative estimate of drug-likeness (QED) is 0.654. The molecule has 0 bridgehead atoms. The molecule has 0 saturated heterocycles. The molecular formula is C12H13NO4. The summed E-state index contributed by atoms with van der Waals surface area (Å²) in [5, 5.41) is 22.4. The molecule has 1 heterocycles. The van der Waals surface area contributed by atoms with E-state index in [0.29, 0.717) is 5.56 Å². The largest absolute Gasteiger partial charge is 0.471 e. The first kappa shape index (κ1) is 11.6. The van der Waals surface area contributed by atoms with Gasteiger partial charge in [-0.05, 0) is 18.1 Å². The molecule has 2 atom stereocenters. The van der Waals surface area contributed by atoms with Crippen LogP contribution >= 0.6 is 0 Å². The molecule has 5 nitrogen and oxygen atoms in total. The van der Waals surface area contributed by atoms with Crippen LogP contribution in [0.2, 0.25) is 0 Å². The molecular weight excluding hydrogens is 222 g/mol. The number of aryl methyl sites for hydroxylation is 1. The van der Waals surface area contributed by atoms with E-state index >= 15 is 0 Å². The summed E-state index contributed by atoms with van der Waals surface area (Å²) in [6.45, 7) is 3.22. The Kier molecular flexibility index (Phi) is 2.85. The Balaban J connectivity index is 2.48. The molecule has 0 aliphatic heterocycles. The van der Waals surface area contributed by atoms with Gasteiger partial charge < -0.3 is 9.52 Å². The summed E-state index contributed by atoms with van der Waals surface area (Å²) in [7, 11) is 0. The zero-order valence-corrected chi connectivity index (χ0v) is 9.58. The number of nitro groups is 1. The Morgan fingerprint density at radius 2 is 2.12 bits per heavy atom. The lowest BCUT2D eigenvalue weighted by atomic mass is 9.96. The third-order valence-corrected chi connectivity index (χ3v) is 3.08. The van der Waals surface area contributed by atoms with E-state index in [9.17, 15) is 15.2 Å². The molecule has 0 spiro atoms. The third-order valence-electron chi connectivity index (χ3n) is 3.08. The summed E-state index contributed by atoms with van der Waals surface area (Å²) in [4.78, 5) is 10.2. The summed E-state index contributed by atoms with van der Waals surface area (Å²) in [6, 6.07) is 2.47. The Morgan fingerprint density at radius 1 is 1.41 bits per heavy atom. The molecule has 2 aromatic rings. The molecule has 2 unspecified atom stereocenters. The molecule has 0 aliphatic carbocycles. The maximum atomic E-state index is 10.7. The first-order valence-corrected chi connectivity index (χ1v) is 5.29. The first-order valence-electron chi connectivity index (χ1n) is 5.29. The average Bonchev–Trinajstić information content (AvgIpc) is 2.76. The predicted molar refractivity (Wildman–Crippen MR) is 62.4 cm³/mol. The van der Waals surface area contributed by atoms with E-state index in [1.165, 1.54) is 6.92 Å². The van der Waals surface area contributed by atoms with E-state index in [1.807, 2.05) is 6.92 Å². The van der Waals surface area contributed by atoms with Gasteiger partial charge in [-0.2, -0.15) is 0 Å². The topological polar surface area (TPSA) is 76.5 Å². The van der Waals surface area contributed by atoms with Gasteiger partial charge in [0.15, 0.2) is 0 Å². The molecule has 17 heavy (non-hydrogen) atoms. The maximum absolute atomic E-state index is 10.7. The van der Waals surface area contributed by atoms with Crippen molar-refractivity contribution in [2.24, 2.45) is 0 Å². The lowest BCUT2D eigenvalue weighted by Crippen LogP contribution is -2.24. The number of benzene rings is 1. The molecule has 0 radical (unpaired) electrons. The maximum Gasteiger partial charge on any atom is 0.239 e. The van der Waals surface area contributed by atoms with E-state index in [2.05, 4.69) is 0 Å². The minimum Gasteiger partial charge on any atom is -0.471 e. The monoisotopic (exact) mass is 235 g/mol. The predicted octanol–water partition coefficient (Wildman–Crippen LogP) is 2.44. The minimum absolute atomic E-state index is 0.482. The van der Waals surface area contributed by atoms with Gasteiger partial charge in [-0.3, -0.25) is 10.1 Å². The molecule has 0 fully saturated rings. The number of aliphatic hydroxyl groups is 1. The van der Waals surface area contributed by atoms with Crippen LogP contribution in [0.25, 0.3) is 10.8 Å². The minimum atomic E-state index is -1.11. The zero-order chi connectivity index (χ0) is 12.6. The summed E-state index contributed by atoms with van der Waals surface area (Å²) in [5.41, 5.74) is 1.39. The Labute approximate surface area is 97.8 Å². The van der Waals surface area contributed by atoms with Crippen LogP contribution < -0.4 is 0 Å². The number of aliphatic hydroxyl groups excluding tert-OH is 1. The van der Waals surface area contributed by atoms with Crippen LogP contribution in [0.15, 0.2) is 29.1 Å². The van der Waals surface area contributed by atoms with Crippen LogP contribution in [-0.4, -0.2) is 16.1 Å². The Hall–Kier alpha value is -1.88. The second kappa shape index (κ2) is 4.18. The van der Waals surface area contributed by atoms with Crippen molar-refractivity contribution in [1.82, 2.24) is 0 Å². The molecule has 1 aromatic heterocycles. The second-order valence-electron chi connectivity index (χ2n) is 4.13. The van der Waals surface area contributed by atoms with Crippen LogP contribution in [0.3, 0.4) is 0 Å². The highest BCUT2D eigenvalue weighted by Crippen LogP contribution is 2.28. The van der Waals surface area contributed by atoms with E-state index in [-0.39, 0.29) is 0 Å². The number of hydrogen-bond acceptors (Lipinski definition) is 4. The fourth-order valence-corrected chi connectivity index (χ4v) is 1.90. The normalized spacial score (nSPS) is 14.8. The highest BCUT2D eigenvalue weighted by atomic mass is 16.6. The molecule has 1 aromatic carbocycles. The summed E-state index contributed by atoms with van der Waals surface area (Å²) in [6.07, 6.45) is 2.08. The van der Waals surface area contributed by atoms with Gasteiger partial charge in [0.2, 0.25) is 6.04 Å². The van der Waals surface area contributed by atoms with Gasteiger partial charge in [-0.25, -0.2) is 0 Å². The molecule has 0 saturated carbocycles. The van der Waals surface area contributed by atoms with Crippen LogP contribution in [0.5, 0.6) is 0 Å². The number of furan rings is 1. The van der Waals surface area contributed by atoms with Crippen LogP contribution in [0.4, 0.5) is 0 Å². The van der Waals surface area contributed by atoms with Crippen molar-refractivity contribution in [3.8, 4) is 0 Å². The molecule has 2 rings (SSSR count). The molecule has 0 amide bonds. The lowest BCUT2D eigenvalue weighted by Gasteiger charge is -2.15. The van der Waals surface area contributed by atoms with Gasteiger partial charge in [0.25, 0.3) is 0 Å². The summed E-state index contributed by atoms with van der Waals surface area (Å²) < 4.78 is 5.07. The lowest BCUT2D eigenvalue weighted by molar-refractivity contribution is -0.531. The SMILES string of the molecule is Cc1c(C(O)C(C)[N+](=O)[O-])ccc2cocc12. The van der Waals surface area contributed by atoms with Crippen molar-refractivity contribution in [2.75, 3.05) is 0 Å². The van der Waals surface area contributed by atoms with Crippen LogP contribution in [-0.2, 0) is 0 Å². The van der Waals surface area contributed by atoms with E-state index in [4.69, 9.17) is 4.42 Å². The van der Waals surface area contributed by atoms with Gasteiger partial charge in [0.05, 0.1) is 12.5 Å². The standard InChI is InChI=1S/C12H13NO4/c1-7-10(12(14)8(2)13(15)16)4-3-9-5-17-6-11(7)9/h3-6,8,12,14H,1-2H3. The summed E-state index contributed by atoms with van der Waals surface area (Å²) >= 11 is 0. The fourth-order valence-electron chi connectivity index (χ4n) is 1.90. The number of nitrogens with zero attached hydrogens (tertiary/aromatic N) is 1. The van der Waals surface area contributed by atoms with Gasteiger partial charge in [-0.1, -0.05) is 12.1 Å². The smallest absolute Gasteiger partial charge is 0.239 e. The second-order valence-corrected chi connectivity index (χ2v) is 4.13. The fraction of sp³-hybridized carbons (Fsp3) is 0.333. The Morgan fingerprint density at radius 3 is 2.76 bits per heavy atom. The van der Waals surface area contributed by atoms with Crippen molar-refractivity contribution < 1.29 is 14.4 Å². The highest BCUT2D eigenvalue weighted by molar-refractivity contribution is 5.85. The average molecular weight is 235 g/mol. The van der Waals surface area contributed by atoms with Crippen molar-refractivity contribution in [1.29, 1.82) is 0 Å². The van der Waals surface area contributed by atoms with Crippen LogP contribution in [0.1, 0.15) is 24.2 Å². The van der Waals surface area contributed by atoms with E-state index in [1.54, 1.807) is 24.7 Å². The van der Waals surface area contributed by atoms with E-state index < -0.39 is 17.1 Å². The van der Waals surface area contributed by atoms with Crippen molar-refractivity contribution in [3.05, 3.63) is 45.9 Å². The molecule has 5 heteroatoms. The number of hydrogen-bond donors (Lipinski definition) is 1. The molecule has 0 aliphatic rings. The van der Waals surface area contributed by atoms with Gasteiger partial charge in [0.1, 0.15) is 6.10 Å². The summed E-state index contributed by atoms with van der Waals surface area (Å²) in [5.74, 6) is 0. The van der Waals surface area contributed by atoms with Crippen molar-refractivity contribution in [2.45, 2.75) is 26.0 Å². The molecule has 90 valence electrons. The zero-order valence-electron chi connectivity index (χ0n) is 9.58. The number of rotatable bonds is 3. The van der Waals surface area contributed by atoms with Crippen molar-refractivity contribution >= 4 is 10.8 Å². The van der Waals surface area contributed by atoms with Crippen LogP contribution in [0, 0.1) is 17.0 Å². The third kappa shape index (κ3) is 1.89. The van der Waals surface area contributed by atoms with Gasteiger partial charge in [-0.15, -0.1) is 0 Å².